The van der Waals surface area contributed by atoms with Gasteiger partial charge in [0.1, 0.15) is 0 Å². The van der Waals surface area contributed by atoms with Crippen LogP contribution in [-0.2, 0) is 0 Å². The third-order valence-corrected chi connectivity index (χ3v) is 2.65. The first-order valence-corrected chi connectivity index (χ1v) is 5.31. The van der Waals surface area contributed by atoms with Crippen LogP contribution in [0, 0.1) is 13.8 Å². The number of hydrogen-bond acceptors (Lipinski definition) is 5. The van der Waals surface area contributed by atoms with Crippen LogP contribution >= 0.6 is 11.6 Å². The second kappa shape index (κ2) is 3.49. The van der Waals surface area contributed by atoms with Crippen LogP contribution in [0.2, 0.25) is 5.15 Å². The summed E-state index contributed by atoms with van der Waals surface area (Å²) in [5.41, 5.74) is 2.89. The summed E-state index contributed by atoms with van der Waals surface area (Å²) in [5, 5.41) is 22.9. The van der Waals surface area contributed by atoms with Gasteiger partial charge in [0.2, 0.25) is 5.82 Å². The van der Waals surface area contributed by atoms with Crippen molar-refractivity contribution >= 4 is 22.6 Å². The van der Waals surface area contributed by atoms with Crippen molar-refractivity contribution in [3.63, 3.8) is 0 Å². The lowest BCUT2D eigenvalue weighted by atomic mass is 10.4. The van der Waals surface area contributed by atoms with Gasteiger partial charge in [-0.1, -0.05) is 11.6 Å². The maximum atomic E-state index is 5.88. The Kier molecular flexibility index (Phi) is 2.08. The molecule has 0 aromatic carbocycles. The molecule has 0 spiro atoms. The average molecular weight is 250 g/mol. The van der Waals surface area contributed by atoms with E-state index < -0.39 is 0 Å². The van der Waals surface area contributed by atoms with Crippen molar-refractivity contribution < 1.29 is 0 Å². The van der Waals surface area contributed by atoms with Crippen LogP contribution in [0.1, 0.15) is 11.4 Å². The van der Waals surface area contributed by atoms with E-state index in [4.69, 9.17) is 11.6 Å². The average Bonchev–Trinajstić information content (AvgIpc) is 2.87. The summed E-state index contributed by atoms with van der Waals surface area (Å²) in [4.78, 5) is 0. The molecular weight excluding hydrogens is 242 g/mol. The highest BCUT2D eigenvalue weighted by atomic mass is 35.5. The molecule has 0 aliphatic heterocycles. The third-order valence-electron chi connectivity index (χ3n) is 2.40. The van der Waals surface area contributed by atoms with Crippen molar-refractivity contribution in [1.82, 2.24) is 35.4 Å². The first-order chi connectivity index (χ1) is 8.16. The Morgan fingerprint density at radius 1 is 1.18 bits per heavy atom. The molecule has 7 nitrogen and oxygen atoms in total. The second-order valence-corrected chi connectivity index (χ2v) is 4.03. The van der Waals surface area contributed by atoms with Crippen LogP contribution in [-0.4, -0.2) is 35.4 Å². The quantitative estimate of drug-likeness (QED) is 0.700. The fourth-order valence-corrected chi connectivity index (χ4v) is 1.87. The fourth-order valence-electron chi connectivity index (χ4n) is 1.70. The van der Waals surface area contributed by atoms with E-state index in [2.05, 4.69) is 30.7 Å². The summed E-state index contributed by atoms with van der Waals surface area (Å²) >= 11 is 5.88. The minimum absolute atomic E-state index is 0.221. The van der Waals surface area contributed by atoms with Gasteiger partial charge in [-0.15, -0.1) is 10.2 Å². The van der Waals surface area contributed by atoms with Gasteiger partial charge < -0.3 is 0 Å². The van der Waals surface area contributed by atoms with Gasteiger partial charge in [0.05, 0.1) is 5.69 Å². The predicted octanol–water partition coefficient (Wildman–Crippen LogP) is 1.20. The van der Waals surface area contributed by atoms with Crippen molar-refractivity contribution in [1.29, 1.82) is 0 Å². The molecule has 3 aromatic heterocycles. The minimum Gasteiger partial charge on any atom is -0.216 e. The van der Waals surface area contributed by atoms with Crippen LogP contribution in [0.25, 0.3) is 16.9 Å². The molecule has 0 fully saturated rings. The van der Waals surface area contributed by atoms with Gasteiger partial charge in [0.15, 0.2) is 16.2 Å². The molecule has 3 aromatic rings. The zero-order chi connectivity index (χ0) is 12.0. The molecule has 0 bridgehead atoms. The first-order valence-electron chi connectivity index (χ1n) is 4.93. The Labute approximate surface area is 101 Å². The molecule has 1 N–H and O–H groups in total. The molecule has 0 saturated carbocycles. The molecule has 0 aliphatic carbocycles. The Hall–Kier alpha value is -2.02. The summed E-state index contributed by atoms with van der Waals surface area (Å²) in [6.07, 6.45) is 0. The van der Waals surface area contributed by atoms with Gasteiger partial charge in [0.25, 0.3) is 0 Å². The molecule has 0 atom stereocenters. The van der Waals surface area contributed by atoms with Gasteiger partial charge in [-0.25, -0.2) is 4.68 Å². The van der Waals surface area contributed by atoms with E-state index in [1.165, 1.54) is 0 Å². The Balaban J connectivity index is 2.34. The summed E-state index contributed by atoms with van der Waals surface area (Å²) in [5.74, 6) is 0.517. The van der Waals surface area contributed by atoms with E-state index in [0.29, 0.717) is 16.9 Å². The summed E-state index contributed by atoms with van der Waals surface area (Å²) in [7, 11) is 0. The van der Waals surface area contributed by atoms with E-state index in [1.54, 1.807) is 4.68 Å². The maximum absolute atomic E-state index is 5.88. The molecule has 0 radical (unpaired) electrons. The largest absolute Gasteiger partial charge is 0.216 e. The van der Waals surface area contributed by atoms with Gasteiger partial charge in [0, 0.05) is 5.69 Å². The summed E-state index contributed by atoms with van der Waals surface area (Å²) in [6, 6.07) is 1.95. The maximum Gasteiger partial charge on any atom is 0.206 e. The molecule has 86 valence electrons. The molecule has 0 saturated heterocycles. The van der Waals surface area contributed by atoms with Crippen LogP contribution in [0.3, 0.4) is 0 Å². The summed E-state index contributed by atoms with van der Waals surface area (Å²) in [6.45, 7) is 3.84. The SMILES string of the molecule is Cc1cc(C)n(-c2nnc(Cl)c3n[nH]nc23)n1. The highest BCUT2D eigenvalue weighted by Gasteiger charge is 2.15. The predicted molar refractivity (Wildman–Crippen MR) is 61.1 cm³/mol. The number of nitrogens with zero attached hydrogens (tertiary/aromatic N) is 6. The highest BCUT2D eigenvalue weighted by molar-refractivity contribution is 6.33. The molecule has 0 amide bonds. The normalized spacial score (nSPS) is 11.2. The van der Waals surface area contributed by atoms with Crippen LogP contribution in [0.5, 0.6) is 0 Å². The smallest absolute Gasteiger partial charge is 0.206 e. The van der Waals surface area contributed by atoms with Crippen LogP contribution in [0.15, 0.2) is 6.07 Å². The lowest BCUT2D eigenvalue weighted by Gasteiger charge is -2.02. The van der Waals surface area contributed by atoms with E-state index in [9.17, 15) is 0 Å². The first kappa shape index (κ1) is 10.2. The van der Waals surface area contributed by atoms with Crippen molar-refractivity contribution in [3.05, 3.63) is 22.6 Å². The molecule has 8 heteroatoms. The lowest BCUT2D eigenvalue weighted by Crippen LogP contribution is -2.04. The van der Waals surface area contributed by atoms with Crippen LogP contribution in [0.4, 0.5) is 0 Å². The minimum atomic E-state index is 0.221. The van der Waals surface area contributed by atoms with Crippen LogP contribution < -0.4 is 0 Å². The number of H-pyrrole nitrogens is 1. The number of nitrogens with one attached hydrogen (secondary N) is 1. The van der Waals surface area contributed by atoms with E-state index >= 15 is 0 Å². The van der Waals surface area contributed by atoms with Gasteiger partial charge >= 0.3 is 0 Å². The fraction of sp³-hybridized carbons (Fsp3) is 0.222. The van der Waals surface area contributed by atoms with E-state index in [0.717, 1.165) is 11.4 Å². The second-order valence-electron chi connectivity index (χ2n) is 3.67. The number of fused-ring (bicyclic) bond motifs is 1. The van der Waals surface area contributed by atoms with E-state index in [-0.39, 0.29) is 5.15 Å². The molecule has 0 aliphatic rings. The zero-order valence-corrected chi connectivity index (χ0v) is 9.89. The molecular formula is C9H8ClN7. The molecule has 3 rings (SSSR count). The number of hydrogen-bond donors (Lipinski definition) is 1. The standard InChI is InChI=1S/C9H8ClN7/c1-4-3-5(2)17(15-4)9-7-6(11-16-12-7)8(10)13-14-9/h3H,1-2H3,(H,11,12,16). The number of aromatic nitrogens is 7. The zero-order valence-electron chi connectivity index (χ0n) is 9.14. The number of aryl methyl sites for hydroxylation is 2. The number of rotatable bonds is 1. The van der Waals surface area contributed by atoms with Gasteiger partial charge in [-0.05, 0) is 19.9 Å². The Morgan fingerprint density at radius 3 is 2.65 bits per heavy atom. The van der Waals surface area contributed by atoms with Crippen molar-refractivity contribution in [3.8, 4) is 5.82 Å². The molecule has 0 unspecified atom stereocenters. The highest BCUT2D eigenvalue weighted by Crippen LogP contribution is 2.21. The van der Waals surface area contributed by atoms with Crippen molar-refractivity contribution in [2.45, 2.75) is 13.8 Å². The summed E-state index contributed by atoms with van der Waals surface area (Å²) < 4.78 is 1.67. The Morgan fingerprint density at radius 2 is 1.94 bits per heavy atom. The van der Waals surface area contributed by atoms with Gasteiger partial charge in [-0.2, -0.15) is 20.5 Å². The van der Waals surface area contributed by atoms with E-state index in [1.807, 2.05) is 19.9 Å². The monoisotopic (exact) mass is 249 g/mol. The number of aromatic amines is 1. The van der Waals surface area contributed by atoms with Crippen molar-refractivity contribution in [2.75, 3.05) is 0 Å². The molecule has 17 heavy (non-hydrogen) atoms. The molecule has 3 heterocycles. The topological polar surface area (TPSA) is 85.2 Å². The Bertz CT molecular complexity index is 699. The van der Waals surface area contributed by atoms with Crippen molar-refractivity contribution in [2.24, 2.45) is 0 Å². The van der Waals surface area contributed by atoms with Gasteiger partial charge in [-0.3, -0.25) is 0 Å². The number of halogens is 1. The third kappa shape index (κ3) is 1.47. The lowest BCUT2D eigenvalue weighted by molar-refractivity contribution is 0.788.